The van der Waals surface area contributed by atoms with Crippen molar-refractivity contribution in [1.82, 2.24) is 10.2 Å². The highest BCUT2D eigenvalue weighted by Gasteiger charge is 2.31. The maximum Gasteiger partial charge on any atom is 0.260 e. The van der Waals surface area contributed by atoms with Crippen molar-refractivity contribution in [2.45, 2.75) is 25.9 Å². The Labute approximate surface area is 109 Å². The summed E-state index contributed by atoms with van der Waals surface area (Å²) in [5, 5.41) is 3.16. The van der Waals surface area contributed by atoms with Crippen LogP contribution in [0, 0.1) is 17.5 Å². The number of hydrogen-bond donors (Lipinski definition) is 1. The van der Waals surface area contributed by atoms with Crippen molar-refractivity contribution in [1.29, 1.82) is 0 Å². The van der Waals surface area contributed by atoms with E-state index in [1.165, 1.54) is 4.90 Å². The summed E-state index contributed by atoms with van der Waals surface area (Å²) in [5.74, 6) is -4.11. The zero-order chi connectivity index (χ0) is 14.2. The quantitative estimate of drug-likeness (QED) is 0.847. The molecule has 0 radical (unpaired) electrons. The second-order valence-electron chi connectivity index (χ2n) is 4.86. The number of benzene rings is 1. The number of piperazine rings is 1. The Morgan fingerprint density at radius 3 is 2.42 bits per heavy atom. The predicted molar refractivity (Wildman–Crippen MR) is 64.3 cm³/mol. The van der Waals surface area contributed by atoms with Crippen molar-refractivity contribution in [2.24, 2.45) is 0 Å². The van der Waals surface area contributed by atoms with Crippen molar-refractivity contribution in [3.05, 3.63) is 35.1 Å². The van der Waals surface area contributed by atoms with E-state index in [1.807, 2.05) is 6.92 Å². The lowest BCUT2D eigenvalue weighted by Gasteiger charge is -2.37. The van der Waals surface area contributed by atoms with Gasteiger partial charge in [-0.05, 0) is 13.8 Å². The minimum Gasteiger partial charge on any atom is -0.333 e. The molecule has 1 aliphatic rings. The Morgan fingerprint density at radius 2 is 1.84 bits per heavy atom. The van der Waals surface area contributed by atoms with E-state index in [4.69, 9.17) is 0 Å². The lowest BCUT2D eigenvalue weighted by molar-refractivity contribution is 0.0606. The fraction of sp³-hybridized carbons (Fsp3) is 0.462. The van der Waals surface area contributed by atoms with Crippen molar-refractivity contribution in [3.63, 3.8) is 0 Å². The standard InChI is InChI=1S/C13H15F3N2O/c1-7-6-18(8(2)5-17-7)13(19)12-10(15)3-9(14)4-11(12)16/h3-4,7-8,17H,5-6H2,1-2H3. The number of hydrogen-bond acceptors (Lipinski definition) is 2. The molecule has 19 heavy (non-hydrogen) atoms. The highest BCUT2D eigenvalue weighted by molar-refractivity contribution is 5.95. The van der Waals surface area contributed by atoms with Crippen LogP contribution < -0.4 is 5.32 Å². The molecule has 2 atom stereocenters. The van der Waals surface area contributed by atoms with Crippen molar-refractivity contribution < 1.29 is 18.0 Å². The van der Waals surface area contributed by atoms with E-state index in [-0.39, 0.29) is 12.1 Å². The highest BCUT2D eigenvalue weighted by Crippen LogP contribution is 2.19. The van der Waals surface area contributed by atoms with E-state index in [2.05, 4.69) is 5.32 Å². The summed E-state index contributed by atoms with van der Waals surface area (Å²) >= 11 is 0. The molecule has 1 N–H and O–H groups in total. The smallest absolute Gasteiger partial charge is 0.260 e. The summed E-state index contributed by atoms with van der Waals surface area (Å²) in [6, 6.07) is 0.915. The second-order valence-corrected chi connectivity index (χ2v) is 4.86. The molecular formula is C13H15F3N2O. The summed E-state index contributed by atoms with van der Waals surface area (Å²) in [6.07, 6.45) is 0. The molecule has 1 heterocycles. The monoisotopic (exact) mass is 272 g/mol. The molecule has 1 saturated heterocycles. The Hall–Kier alpha value is -1.56. The third-order valence-electron chi connectivity index (χ3n) is 3.25. The largest absolute Gasteiger partial charge is 0.333 e. The molecule has 2 rings (SSSR count). The summed E-state index contributed by atoms with van der Waals surface area (Å²) in [6.45, 7) is 4.58. The number of amides is 1. The third-order valence-corrected chi connectivity index (χ3v) is 3.25. The first-order chi connectivity index (χ1) is 8.90. The molecule has 0 aliphatic carbocycles. The Kier molecular flexibility index (Phi) is 3.80. The molecule has 2 unspecified atom stereocenters. The number of carbonyl (C=O) groups excluding carboxylic acids is 1. The molecule has 1 aromatic carbocycles. The summed E-state index contributed by atoms with van der Waals surface area (Å²) in [5.41, 5.74) is -0.692. The predicted octanol–water partition coefficient (Wildman–Crippen LogP) is 1.93. The normalized spacial score (nSPS) is 23.5. The minimum atomic E-state index is -1.17. The summed E-state index contributed by atoms with van der Waals surface area (Å²) < 4.78 is 40.0. The van der Waals surface area contributed by atoms with Crippen LogP contribution in [0.5, 0.6) is 0 Å². The van der Waals surface area contributed by atoms with Gasteiger partial charge >= 0.3 is 0 Å². The topological polar surface area (TPSA) is 32.3 Å². The zero-order valence-corrected chi connectivity index (χ0v) is 10.7. The molecule has 104 valence electrons. The fourth-order valence-electron chi connectivity index (χ4n) is 2.19. The number of nitrogens with one attached hydrogen (secondary N) is 1. The van der Waals surface area contributed by atoms with Gasteiger partial charge < -0.3 is 10.2 Å². The van der Waals surface area contributed by atoms with Crippen LogP contribution in [0.4, 0.5) is 13.2 Å². The lowest BCUT2D eigenvalue weighted by Crippen LogP contribution is -2.56. The number of halogens is 3. The van der Waals surface area contributed by atoms with Crippen LogP contribution in [0.3, 0.4) is 0 Å². The molecular weight excluding hydrogens is 257 g/mol. The van der Waals surface area contributed by atoms with Gasteiger partial charge in [-0.15, -0.1) is 0 Å². The maximum absolute atomic E-state index is 13.6. The first kappa shape index (κ1) is 13.9. The maximum atomic E-state index is 13.6. The van der Waals surface area contributed by atoms with Crippen molar-refractivity contribution >= 4 is 5.91 Å². The number of carbonyl (C=O) groups is 1. The molecule has 3 nitrogen and oxygen atoms in total. The van der Waals surface area contributed by atoms with E-state index >= 15 is 0 Å². The van der Waals surface area contributed by atoms with Gasteiger partial charge in [0, 0.05) is 37.3 Å². The number of nitrogens with zero attached hydrogens (tertiary/aromatic N) is 1. The van der Waals surface area contributed by atoms with Gasteiger partial charge in [0.2, 0.25) is 0 Å². The average molecular weight is 272 g/mol. The lowest BCUT2D eigenvalue weighted by atomic mass is 10.1. The molecule has 6 heteroatoms. The Bertz CT molecular complexity index is 484. The van der Waals surface area contributed by atoms with E-state index in [0.29, 0.717) is 25.2 Å². The van der Waals surface area contributed by atoms with Crippen LogP contribution in [-0.2, 0) is 0 Å². The van der Waals surface area contributed by atoms with E-state index in [1.54, 1.807) is 6.92 Å². The van der Waals surface area contributed by atoms with Gasteiger partial charge in [-0.25, -0.2) is 13.2 Å². The van der Waals surface area contributed by atoms with Gasteiger partial charge in [0.1, 0.15) is 23.0 Å². The molecule has 1 aliphatic heterocycles. The van der Waals surface area contributed by atoms with Crippen LogP contribution in [0.2, 0.25) is 0 Å². The average Bonchev–Trinajstić information content (AvgIpc) is 2.30. The molecule has 0 bridgehead atoms. The van der Waals surface area contributed by atoms with Crippen LogP contribution in [-0.4, -0.2) is 36.0 Å². The molecule has 1 aromatic rings. The molecule has 0 saturated carbocycles. The van der Waals surface area contributed by atoms with E-state index in [0.717, 1.165) is 0 Å². The van der Waals surface area contributed by atoms with Crippen LogP contribution in [0.25, 0.3) is 0 Å². The van der Waals surface area contributed by atoms with Crippen LogP contribution in [0.15, 0.2) is 12.1 Å². The highest BCUT2D eigenvalue weighted by atomic mass is 19.1. The third kappa shape index (κ3) is 2.73. The number of rotatable bonds is 1. The summed E-state index contributed by atoms with van der Waals surface area (Å²) in [7, 11) is 0. The van der Waals surface area contributed by atoms with E-state index < -0.39 is 28.9 Å². The first-order valence-electron chi connectivity index (χ1n) is 6.09. The Morgan fingerprint density at radius 1 is 1.26 bits per heavy atom. The Balaban J connectivity index is 2.33. The van der Waals surface area contributed by atoms with Gasteiger partial charge in [0.05, 0.1) is 0 Å². The zero-order valence-electron chi connectivity index (χ0n) is 10.7. The molecule has 1 amide bonds. The fourth-order valence-corrected chi connectivity index (χ4v) is 2.19. The second kappa shape index (κ2) is 5.21. The molecule has 0 spiro atoms. The van der Waals surface area contributed by atoms with Crippen LogP contribution >= 0.6 is 0 Å². The van der Waals surface area contributed by atoms with Gasteiger partial charge in [-0.1, -0.05) is 0 Å². The van der Waals surface area contributed by atoms with Crippen molar-refractivity contribution in [3.8, 4) is 0 Å². The molecule has 0 aromatic heterocycles. The first-order valence-corrected chi connectivity index (χ1v) is 6.09. The van der Waals surface area contributed by atoms with Gasteiger partial charge in [0.25, 0.3) is 5.91 Å². The van der Waals surface area contributed by atoms with Crippen LogP contribution in [0.1, 0.15) is 24.2 Å². The minimum absolute atomic E-state index is 0.0479. The van der Waals surface area contributed by atoms with Gasteiger partial charge in [-0.3, -0.25) is 4.79 Å². The van der Waals surface area contributed by atoms with Crippen molar-refractivity contribution in [2.75, 3.05) is 13.1 Å². The molecule has 1 fully saturated rings. The van der Waals surface area contributed by atoms with Gasteiger partial charge in [-0.2, -0.15) is 0 Å². The van der Waals surface area contributed by atoms with E-state index in [9.17, 15) is 18.0 Å². The van der Waals surface area contributed by atoms with Gasteiger partial charge in [0.15, 0.2) is 0 Å². The SMILES string of the molecule is CC1CN(C(=O)c2c(F)cc(F)cc2F)C(C)CN1. The summed E-state index contributed by atoms with van der Waals surface area (Å²) in [4.78, 5) is 13.6.